The first-order valence-electron chi connectivity index (χ1n) is 8.10. The number of hydrogen-bond donors (Lipinski definition) is 0. The number of rotatable bonds is 3. The van der Waals surface area contributed by atoms with E-state index in [2.05, 4.69) is 6.92 Å². The van der Waals surface area contributed by atoms with E-state index in [4.69, 9.17) is 0 Å². The number of hydrogen-bond acceptors (Lipinski definition) is 1. The highest BCUT2D eigenvalue weighted by molar-refractivity contribution is 6.04. The van der Waals surface area contributed by atoms with Crippen LogP contribution in [0.3, 0.4) is 0 Å². The Kier molecular flexibility index (Phi) is 4.29. The van der Waals surface area contributed by atoms with Crippen molar-refractivity contribution in [1.29, 1.82) is 0 Å². The molecule has 0 radical (unpaired) electrons. The van der Waals surface area contributed by atoms with Gasteiger partial charge in [0.1, 0.15) is 11.6 Å². The molecular formula is C20H20F2O. The van der Waals surface area contributed by atoms with Crippen LogP contribution in [0.2, 0.25) is 0 Å². The summed E-state index contributed by atoms with van der Waals surface area (Å²) in [6.07, 6.45) is 3.77. The van der Waals surface area contributed by atoms with Gasteiger partial charge in [-0.2, -0.15) is 0 Å². The quantitative estimate of drug-likeness (QED) is 0.703. The Morgan fingerprint density at radius 3 is 2.09 bits per heavy atom. The molecule has 1 aliphatic rings. The monoisotopic (exact) mass is 314 g/mol. The molecule has 23 heavy (non-hydrogen) atoms. The van der Waals surface area contributed by atoms with E-state index in [1.807, 2.05) is 0 Å². The van der Waals surface area contributed by atoms with Crippen molar-refractivity contribution in [3.8, 4) is 0 Å². The lowest BCUT2D eigenvalue weighted by molar-refractivity contribution is 0.0762. The van der Waals surface area contributed by atoms with E-state index in [1.165, 1.54) is 24.3 Å². The normalized spacial score (nSPS) is 24.4. The second-order valence-electron chi connectivity index (χ2n) is 6.46. The lowest BCUT2D eigenvalue weighted by atomic mass is 9.60. The standard InChI is InChI=1S/C20H20F2O/c1-14-4-2-3-13-20(14,16-7-11-18(22)12-8-16)19(23)15-5-9-17(21)10-6-15/h5-12,14H,2-4,13H2,1H3. The number of ketones is 1. The van der Waals surface area contributed by atoms with Gasteiger partial charge in [-0.3, -0.25) is 4.79 Å². The first-order chi connectivity index (χ1) is 11.0. The third-order valence-corrected chi connectivity index (χ3v) is 5.17. The Labute approximate surface area is 135 Å². The van der Waals surface area contributed by atoms with Gasteiger partial charge in [0.25, 0.3) is 0 Å². The van der Waals surface area contributed by atoms with E-state index >= 15 is 0 Å². The van der Waals surface area contributed by atoms with Crippen LogP contribution in [0.15, 0.2) is 48.5 Å². The van der Waals surface area contributed by atoms with Crippen molar-refractivity contribution in [3.63, 3.8) is 0 Å². The van der Waals surface area contributed by atoms with Crippen LogP contribution in [0.4, 0.5) is 8.78 Å². The van der Waals surface area contributed by atoms with Gasteiger partial charge in [-0.1, -0.05) is 31.9 Å². The zero-order valence-electron chi connectivity index (χ0n) is 13.2. The summed E-state index contributed by atoms with van der Waals surface area (Å²) in [7, 11) is 0. The van der Waals surface area contributed by atoms with Crippen molar-refractivity contribution >= 4 is 5.78 Å². The van der Waals surface area contributed by atoms with Crippen LogP contribution in [0, 0.1) is 17.6 Å². The highest BCUT2D eigenvalue weighted by atomic mass is 19.1. The highest BCUT2D eigenvalue weighted by Gasteiger charge is 2.46. The van der Waals surface area contributed by atoms with Gasteiger partial charge < -0.3 is 0 Å². The fraction of sp³-hybridized carbons (Fsp3) is 0.350. The van der Waals surface area contributed by atoms with Crippen molar-refractivity contribution < 1.29 is 13.6 Å². The van der Waals surface area contributed by atoms with Crippen LogP contribution in [-0.4, -0.2) is 5.78 Å². The third kappa shape index (κ3) is 2.80. The zero-order valence-corrected chi connectivity index (χ0v) is 13.2. The lowest BCUT2D eigenvalue weighted by Crippen LogP contribution is -2.44. The first kappa shape index (κ1) is 15.9. The predicted octanol–water partition coefficient (Wildman–Crippen LogP) is 5.30. The Balaban J connectivity index is 2.09. The SMILES string of the molecule is CC1CCCCC1(C(=O)c1ccc(F)cc1)c1ccc(F)cc1. The molecule has 0 amide bonds. The molecule has 1 aliphatic carbocycles. The molecule has 0 bridgehead atoms. The van der Waals surface area contributed by atoms with Crippen LogP contribution in [-0.2, 0) is 5.41 Å². The van der Waals surface area contributed by atoms with Gasteiger partial charge in [-0.05, 0) is 60.7 Å². The molecule has 1 nitrogen and oxygen atoms in total. The van der Waals surface area contributed by atoms with Crippen LogP contribution in [0.1, 0.15) is 48.5 Å². The number of benzene rings is 2. The minimum absolute atomic E-state index is 0.0105. The maximum Gasteiger partial charge on any atom is 0.173 e. The van der Waals surface area contributed by atoms with Crippen molar-refractivity contribution in [2.75, 3.05) is 0 Å². The zero-order chi connectivity index (χ0) is 16.4. The molecular weight excluding hydrogens is 294 g/mol. The fourth-order valence-corrected chi connectivity index (χ4v) is 3.85. The van der Waals surface area contributed by atoms with Crippen molar-refractivity contribution in [1.82, 2.24) is 0 Å². The smallest absolute Gasteiger partial charge is 0.173 e. The summed E-state index contributed by atoms with van der Waals surface area (Å²) in [5, 5.41) is 0. The highest BCUT2D eigenvalue weighted by Crippen LogP contribution is 2.46. The predicted molar refractivity (Wildman–Crippen MR) is 86.4 cm³/mol. The molecule has 2 aromatic rings. The molecule has 0 aliphatic heterocycles. The fourth-order valence-electron chi connectivity index (χ4n) is 3.85. The van der Waals surface area contributed by atoms with Crippen LogP contribution in [0.5, 0.6) is 0 Å². The second kappa shape index (κ2) is 6.23. The molecule has 2 unspecified atom stereocenters. The molecule has 1 fully saturated rings. The van der Waals surface area contributed by atoms with Crippen molar-refractivity contribution in [2.45, 2.75) is 38.0 Å². The van der Waals surface area contributed by atoms with Gasteiger partial charge in [0.15, 0.2) is 5.78 Å². The molecule has 3 heteroatoms. The molecule has 0 aromatic heterocycles. The number of halogens is 2. The summed E-state index contributed by atoms with van der Waals surface area (Å²) in [4.78, 5) is 13.3. The summed E-state index contributed by atoms with van der Waals surface area (Å²) in [6, 6.07) is 12.0. The Bertz CT molecular complexity index is 691. The molecule has 3 rings (SSSR count). The van der Waals surface area contributed by atoms with Gasteiger partial charge in [0, 0.05) is 5.56 Å². The first-order valence-corrected chi connectivity index (χ1v) is 8.10. The van der Waals surface area contributed by atoms with Gasteiger partial charge >= 0.3 is 0 Å². The average Bonchev–Trinajstić information content (AvgIpc) is 2.56. The molecule has 1 saturated carbocycles. The number of carbonyl (C=O) groups excluding carboxylic acids is 1. The third-order valence-electron chi connectivity index (χ3n) is 5.17. The molecule has 2 atom stereocenters. The van der Waals surface area contributed by atoms with Crippen molar-refractivity contribution in [2.24, 2.45) is 5.92 Å². The van der Waals surface area contributed by atoms with E-state index in [-0.39, 0.29) is 23.3 Å². The Morgan fingerprint density at radius 2 is 1.52 bits per heavy atom. The van der Waals surface area contributed by atoms with Gasteiger partial charge in [-0.15, -0.1) is 0 Å². The maximum atomic E-state index is 13.3. The number of Topliss-reactive ketones (excluding diaryl/α,β-unsaturated/α-hetero) is 1. The van der Waals surface area contributed by atoms with E-state index < -0.39 is 5.41 Å². The lowest BCUT2D eigenvalue weighted by Gasteiger charge is -2.42. The molecule has 0 N–H and O–H groups in total. The van der Waals surface area contributed by atoms with E-state index in [1.54, 1.807) is 24.3 Å². The second-order valence-corrected chi connectivity index (χ2v) is 6.46. The Hall–Kier alpha value is -2.03. The largest absolute Gasteiger partial charge is 0.293 e. The minimum atomic E-state index is -0.649. The molecule has 0 heterocycles. The summed E-state index contributed by atoms with van der Waals surface area (Å²) in [5.74, 6) is -0.480. The molecule has 120 valence electrons. The minimum Gasteiger partial charge on any atom is -0.293 e. The summed E-state index contributed by atoms with van der Waals surface area (Å²) < 4.78 is 26.5. The van der Waals surface area contributed by atoms with Gasteiger partial charge in [0.2, 0.25) is 0 Å². The topological polar surface area (TPSA) is 17.1 Å². The van der Waals surface area contributed by atoms with Crippen LogP contribution in [0.25, 0.3) is 0 Å². The maximum absolute atomic E-state index is 13.3. The molecule has 2 aromatic carbocycles. The van der Waals surface area contributed by atoms with Gasteiger partial charge in [-0.25, -0.2) is 8.78 Å². The van der Waals surface area contributed by atoms with Crippen molar-refractivity contribution in [3.05, 3.63) is 71.3 Å². The number of carbonyl (C=O) groups is 1. The summed E-state index contributed by atoms with van der Waals surface area (Å²) in [6.45, 7) is 2.09. The summed E-state index contributed by atoms with van der Waals surface area (Å²) in [5.41, 5.74) is 0.731. The van der Waals surface area contributed by atoms with Crippen LogP contribution >= 0.6 is 0 Å². The van der Waals surface area contributed by atoms with Crippen LogP contribution < -0.4 is 0 Å². The molecule has 0 spiro atoms. The average molecular weight is 314 g/mol. The van der Waals surface area contributed by atoms with E-state index in [9.17, 15) is 13.6 Å². The summed E-state index contributed by atoms with van der Waals surface area (Å²) >= 11 is 0. The van der Waals surface area contributed by atoms with Gasteiger partial charge in [0.05, 0.1) is 5.41 Å². The molecule has 0 saturated heterocycles. The van der Waals surface area contributed by atoms with E-state index in [0.29, 0.717) is 5.56 Å². The Morgan fingerprint density at radius 1 is 0.957 bits per heavy atom. The van der Waals surface area contributed by atoms with E-state index in [0.717, 1.165) is 31.2 Å².